The van der Waals surface area contributed by atoms with Crippen LogP contribution in [-0.4, -0.2) is 40.3 Å². The van der Waals surface area contributed by atoms with Crippen LogP contribution in [0, 0.1) is 34.5 Å². The third kappa shape index (κ3) is 2.72. The zero-order chi connectivity index (χ0) is 20.3. The lowest BCUT2D eigenvalue weighted by molar-refractivity contribution is -0.212. The highest BCUT2D eigenvalue weighted by Gasteiger charge is 2.68. The van der Waals surface area contributed by atoms with E-state index in [1.807, 2.05) is 0 Å². The number of esters is 1. The van der Waals surface area contributed by atoms with Crippen molar-refractivity contribution in [3.05, 3.63) is 0 Å². The number of aliphatic hydroxyl groups is 2. The molecule has 4 aliphatic carbocycles. The van der Waals surface area contributed by atoms with Gasteiger partial charge in [0.15, 0.2) is 5.78 Å². The summed E-state index contributed by atoms with van der Waals surface area (Å²) in [6.07, 6.45) is 8.28. The number of rotatable bonds is 3. The number of carbonyl (C=O) groups excluding carboxylic acids is 2. The van der Waals surface area contributed by atoms with E-state index in [9.17, 15) is 19.8 Å². The van der Waals surface area contributed by atoms with Gasteiger partial charge in [-0.25, -0.2) is 0 Å². The average molecular weight is 393 g/mol. The minimum absolute atomic E-state index is 0.0436. The number of ketones is 1. The molecule has 0 radical (unpaired) electrons. The summed E-state index contributed by atoms with van der Waals surface area (Å²) in [5, 5.41) is 21.4. The van der Waals surface area contributed by atoms with Gasteiger partial charge in [-0.3, -0.25) is 9.59 Å². The SMILES string of the molecule is CC(=O)OC1CC[C@@]2(C)C(CC[C@@H]3[C@@H]2CC[C@]2(C)[C@@H](C(=O)CO)CC[C@]32O)C1. The highest BCUT2D eigenvalue weighted by atomic mass is 16.5. The van der Waals surface area contributed by atoms with Crippen LogP contribution < -0.4 is 0 Å². The molecule has 5 nitrogen and oxygen atoms in total. The Kier molecular flexibility index (Phi) is 4.94. The van der Waals surface area contributed by atoms with Crippen LogP contribution >= 0.6 is 0 Å². The molecule has 2 N–H and O–H groups in total. The van der Waals surface area contributed by atoms with Crippen molar-refractivity contribution in [1.29, 1.82) is 0 Å². The summed E-state index contributed by atoms with van der Waals surface area (Å²) in [5.41, 5.74) is -1.03. The second-order valence-electron chi connectivity index (χ2n) is 10.6. The number of aliphatic hydroxyl groups excluding tert-OH is 1. The van der Waals surface area contributed by atoms with E-state index in [2.05, 4.69) is 13.8 Å². The van der Waals surface area contributed by atoms with Gasteiger partial charge in [0.1, 0.15) is 12.7 Å². The molecule has 5 heteroatoms. The third-order valence-corrected chi connectivity index (χ3v) is 9.68. The van der Waals surface area contributed by atoms with E-state index in [1.54, 1.807) is 0 Å². The van der Waals surface area contributed by atoms with E-state index in [4.69, 9.17) is 4.74 Å². The van der Waals surface area contributed by atoms with Crippen molar-refractivity contribution in [3.63, 3.8) is 0 Å². The Bertz CT molecular complexity index is 661. The summed E-state index contributed by atoms with van der Waals surface area (Å²) in [7, 11) is 0. The van der Waals surface area contributed by atoms with Crippen LogP contribution in [0.5, 0.6) is 0 Å². The Labute approximate surface area is 168 Å². The van der Waals surface area contributed by atoms with Gasteiger partial charge < -0.3 is 14.9 Å². The maximum atomic E-state index is 12.4. The summed E-state index contributed by atoms with van der Waals surface area (Å²) < 4.78 is 5.53. The third-order valence-electron chi connectivity index (χ3n) is 9.68. The van der Waals surface area contributed by atoms with Gasteiger partial charge in [0.2, 0.25) is 0 Å². The molecule has 0 aromatic rings. The highest BCUT2D eigenvalue weighted by molar-refractivity contribution is 5.83. The van der Waals surface area contributed by atoms with Crippen LogP contribution in [0.3, 0.4) is 0 Å². The second-order valence-corrected chi connectivity index (χ2v) is 10.6. The predicted octanol–water partition coefficient (Wildman–Crippen LogP) is 3.25. The van der Waals surface area contributed by atoms with Crippen molar-refractivity contribution in [3.8, 4) is 0 Å². The van der Waals surface area contributed by atoms with Gasteiger partial charge in [-0.15, -0.1) is 0 Å². The normalized spacial score (nSPS) is 50.2. The largest absolute Gasteiger partial charge is 0.463 e. The lowest BCUT2D eigenvalue weighted by Gasteiger charge is -2.63. The number of hydrogen-bond acceptors (Lipinski definition) is 5. The number of carbonyl (C=O) groups is 2. The second kappa shape index (κ2) is 6.80. The van der Waals surface area contributed by atoms with E-state index in [-0.39, 0.29) is 35.1 Å². The number of fused-ring (bicyclic) bond motifs is 5. The Morgan fingerprint density at radius 1 is 1.00 bits per heavy atom. The van der Waals surface area contributed by atoms with Gasteiger partial charge in [0.25, 0.3) is 0 Å². The van der Waals surface area contributed by atoms with Crippen LogP contribution in [0.25, 0.3) is 0 Å². The molecule has 28 heavy (non-hydrogen) atoms. The van der Waals surface area contributed by atoms with E-state index in [0.29, 0.717) is 24.7 Å². The molecule has 0 amide bonds. The minimum Gasteiger partial charge on any atom is -0.463 e. The molecule has 4 rings (SSSR count). The molecule has 8 atom stereocenters. The van der Waals surface area contributed by atoms with E-state index in [1.165, 1.54) is 6.92 Å². The van der Waals surface area contributed by atoms with Crippen LogP contribution in [0.2, 0.25) is 0 Å². The van der Waals surface area contributed by atoms with Crippen LogP contribution in [0.4, 0.5) is 0 Å². The van der Waals surface area contributed by atoms with Crippen LogP contribution in [0.15, 0.2) is 0 Å². The van der Waals surface area contributed by atoms with Gasteiger partial charge in [-0.05, 0) is 81.0 Å². The van der Waals surface area contributed by atoms with Gasteiger partial charge in [0.05, 0.1) is 5.60 Å². The summed E-state index contributed by atoms with van der Waals surface area (Å²) in [6.45, 7) is 5.57. The average Bonchev–Trinajstić information content (AvgIpc) is 2.92. The Morgan fingerprint density at radius 2 is 1.75 bits per heavy atom. The zero-order valence-electron chi connectivity index (χ0n) is 17.6. The topological polar surface area (TPSA) is 83.8 Å². The predicted molar refractivity (Wildman–Crippen MR) is 104 cm³/mol. The number of Topliss-reactive ketones (excluding diaryl/α,β-unsaturated/α-hetero) is 1. The van der Waals surface area contributed by atoms with Crippen molar-refractivity contribution < 1.29 is 24.5 Å². The van der Waals surface area contributed by atoms with Crippen molar-refractivity contribution in [2.24, 2.45) is 34.5 Å². The Hall–Kier alpha value is -0.940. The molecule has 0 aromatic carbocycles. The molecular formula is C23H36O5. The van der Waals surface area contributed by atoms with E-state index < -0.39 is 17.6 Å². The molecule has 2 unspecified atom stereocenters. The van der Waals surface area contributed by atoms with Gasteiger partial charge >= 0.3 is 5.97 Å². The van der Waals surface area contributed by atoms with Crippen LogP contribution in [0.1, 0.15) is 78.6 Å². The van der Waals surface area contributed by atoms with Crippen molar-refractivity contribution >= 4 is 11.8 Å². The Morgan fingerprint density at radius 3 is 2.43 bits per heavy atom. The van der Waals surface area contributed by atoms with Crippen molar-refractivity contribution in [1.82, 2.24) is 0 Å². The summed E-state index contributed by atoms with van der Waals surface area (Å²) in [6, 6.07) is 0. The molecular weight excluding hydrogens is 356 g/mol. The maximum Gasteiger partial charge on any atom is 0.302 e. The standard InChI is InChI=1S/C23H36O5/c1-14(25)28-16-6-9-21(2)15(12-16)4-5-18-17(21)7-10-22(3)19(20(26)13-24)8-11-23(18,22)27/h15-19,24,27H,4-13H2,1-3H3/t15?,16?,17-,18+,19+,21-,22+,23-/m0/s1. The summed E-state index contributed by atoms with van der Waals surface area (Å²) in [4.78, 5) is 23.8. The molecule has 0 aromatic heterocycles. The lowest BCUT2D eigenvalue weighted by atomic mass is 9.43. The fraction of sp³-hybridized carbons (Fsp3) is 0.913. The molecule has 0 heterocycles. The molecule has 0 spiro atoms. The molecule has 0 aliphatic heterocycles. The summed E-state index contributed by atoms with van der Waals surface area (Å²) >= 11 is 0. The Balaban J connectivity index is 1.58. The first-order valence-corrected chi connectivity index (χ1v) is 11.2. The quantitative estimate of drug-likeness (QED) is 0.720. The molecule has 4 aliphatic rings. The highest BCUT2D eigenvalue weighted by Crippen LogP contribution is 2.69. The first-order chi connectivity index (χ1) is 13.2. The van der Waals surface area contributed by atoms with Crippen molar-refractivity contribution in [2.45, 2.75) is 90.3 Å². The van der Waals surface area contributed by atoms with Gasteiger partial charge in [0, 0.05) is 18.3 Å². The summed E-state index contributed by atoms with van der Waals surface area (Å²) in [5.74, 6) is 0.735. The molecule has 4 saturated carbocycles. The lowest BCUT2D eigenvalue weighted by Crippen LogP contribution is -2.62. The fourth-order valence-electron chi connectivity index (χ4n) is 8.15. The zero-order valence-corrected chi connectivity index (χ0v) is 17.6. The molecule has 158 valence electrons. The first-order valence-electron chi connectivity index (χ1n) is 11.2. The smallest absolute Gasteiger partial charge is 0.302 e. The first kappa shape index (κ1) is 20.3. The monoisotopic (exact) mass is 392 g/mol. The minimum atomic E-state index is -0.799. The van der Waals surface area contributed by atoms with E-state index >= 15 is 0 Å². The van der Waals surface area contributed by atoms with Crippen LogP contribution in [-0.2, 0) is 14.3 Å². The van der Waals surface area contributed by atoms with Gasteiger partial charge in [-0.2, -0.15) is 0 Å². The number of hydrogen-bond donors (Lipinski definition) is 2. The van der Waals surface area contributed by atoms with Gasteiger partial charge in [-0.1, -0.05) is 13.8 Å². The molecule has 4 fully saturated rings. The molecule has 0 saturated heterocycles. The van der Waals surface area contributed by atoms with Crippen molar-refractivity contribution in [2.75, 3.05) is 6.61 Å². The number of ether oxygens (including phenoxy) is 1. The fourth-order valence-corrected chi connectivity index (χ4v) is 8.15. The molecule has 0 bridgehead atoms. The van der Waals surface area contributed by atoms with E-state index in [0.717, 1.165) is 44.9 Å². The maximum absolute atomic E-state index is 12.4.